The van der Waals surface area contributed by atoms with Crippen LogP contribution in [0, 0.1) is 17.6 Å². The molecule has 0 aliphatic carbocycles. The van der Waals surface area contributed by atoms with Crippen LogP contribution in [0.2, 0.25) is 0 Å². The number of hydrogen-bond acceptors (Lipinski definition) is 4. The van der Waals surface area contributed by atoms with Crippen molar-refractivity contribution in [2.24, 2.45) is 5.92 Å². The van der Waals surface area contributed by atoms with Crippen LogP contribution in [-0.2, 0) is 14.8 Å². The van der Waals surface area contributed by atoms with E-state index in [1.165, 1.54) is 0 Å². The molecule has 1 aliphatic rings. The molecule has 1 fully saturated rings. The third-order valence-electron chi connectivity index (χ3n) is 4.45. The molecule has 0 atom stereocenters. The van der Waals surface area contributed by atoms with Crippen molar-refractivity contribution >= 4 is 16.1 Å². The maximum Gasteiger partial charge on any atom is 0.434 e. The van der Waals surface area contributed by atoms with E-state index in [1.807, 2.05) is 0 Å². The Labute approximate surface area is 171 Å². The Morgan fingerprint density at radius 1 is 1.06 bits per heavy atom. The van der Waals surface area contributed by atoms with Crippen molar-refractivity contribution < 1.29 is 53.1 Å². The first-order chi connectivity index (χ1) is 14.1. The molecule has 0 unspecified atom stereocenters. The number of likely N-dealkylation sites (tertiary alicyclic amines) is 1. The fourth-order valence-electron chi connectivity index (χ4n) is 2.77. The summed E-state index contributed by atoms with van der Waals surface area (Å²) in [5.74, 6) is -3.02. The number of carbonyl (C=O) groups excluding carboxylic acids is 1. The lowest BCUT2D eigenvalue weighted by atomic mass is 9.97. The van der Waals surface area contributed by atoms with Crippen LogP contribution in [0.1, 0.15) is 12.8 Å². The fraction of sp³-hybridized carbons (Fsp3) is 0.562. The molecule has 1 N–H and O–H groups in total. The van der Waals surface area contributed by atoms with Gasteiger partial charge in [0.15, 0.2) is 11.6 Å². The molecule has 0 aromatic heterocycles. The summed E-state index contributed by atoms with van der Waals surface area (Å²) < 4.78 is 131. The molecule has 1 aromatic rings. The smallest absolute Gasteiger partial charge is 0.426 e. The Hall–Kier alpha value is -2.16. The molecule has 1 saturated heterocycles. The molecule has 31 heavy (non-hydrogen) atoms. The van der Waals surface area contributed by atoms with Gasteiger partial charge in [0, 0.05) is 19.6 Å². The second kappa shape index (κ2) is 9.14. The summed E-state index contributed by atoms with van der Waals surface area (Å²) in [6.45, 7) is -0.727. The summed E-state index contributed by atoms with van der Waals surface area (Å²) in [6, 6.07) is 1.95. The predicted octanol–water partition coefficient (Wildman–Crippen LogP) is 3.58. The van der Waals surface area contributed by atoms with Crippen LogP contribution >= 0.6 is 0 Å². The van der Waals surface area contributed by atoms with E-state index < -0.39 is 57.0 Å². The molecule has 0 spiro atoms. The lowest BCUT2D eigenvalue weighted by molar-refractivity contribution is -0.308. The zero-order chi connectivity index (χ0) is 23.6. The SMILES string of the molecule is O=C(OC(C(F)(F)F)C(F)(F)F)N1CCC(CNS(=O)(=O)c2ccc(F)c(F)c2)CC1. The van der Waals surface area contributed by atoms with E-state index in [0.29, 0.717) is 17.0 Å². The van der Waals surface area contributed by atoms with Gasteiger partial charge in [0.1, 0.15) is 0 Å². The number of alkyl halides is 6. The van der Waals surface area contributed by atoms with Crippen LogP contribution < -0.4 is 4.72 Å². The number of nitrogens with zero attached hydrogens (tertiary/aromatic N) is 1. The molecule has 1 heterocycles. The van der Waals surface area contributed by atoms with Gasteiger partial charge in [0.05, 0.1) is 4.90 Å². The van der Waals surface area contributed by atoms with Gasteiger partial charge in [0.25, 0.3) is 6.10 Å². The second-order valence-electron chi connectivity index (χ2n) is 6.71. The van der Waals surface area contributed by atoms with Crippen molar-refractivity contribution in [3.63, 3.8) is 0 Å². The number of halogens is 8. The number of ether oxygens (including phenoxy) is 1. The number of sulfonamides is 1. The lowest BCUT2D eigenvalue weighted by Gasteiger charge is -2.33. The number of piperidine rings is 1. The normalized spacial score (nSPS) is 16.6. The van der Waals surface area contributed by atoms with Crippen molar-refractivity contribution in [3.05, 3.63) is 29.8 Å². The van der Waals surface area contributed by atoms with Gasteiger partial charge in [-0.1, -0.05) is 0 Å². The van der Waals surface area contributed by atoms with Gasteiger partial charge in [-0.15, -0.1) is 0 Å². The predicted molar refractivity (Wildman–Crippen MR) is 88.2 cm³/mol. The number of rotatable bonds is 5. The Kier molecular flexibility index (Phi) is 7.40. The highest BCUT2D eigenvalue weighted by Crippen LogP contribution is 2.36. The van der Waals surface area contributed by atoms with Gasteiger partial charge in [0.2, 0.25) is 10.0 Å². The van der Waals surface area contributed by atoms with Gasteiger partial charge in [-0.25, -0.2) is 26.7 Å². The number of hydrogen-bond donors (Lipinski definition) is 1. The molecule has 0 bridgehead atoms. The number of carbonyl (C=O) groups is 1. The summed E-state index contributed by atoms with van der Waals surface area (Å²) >= 11 is 0. The summed E-state index contributed by atoms with van der Waals surface area (Å²) in [5, 5.41) is 0. The van der Waals surface area contributed by atoms with Gasteiger partial charge in [-0.3, -0.25) is 0 Å². The van der Waals surface area contributed by atoms with Gasteiger partial charge in [-0.05, 0) is 37.0 Å². The van der Waals surface area contributed by atoms with E-state index in [0.717, 1.165) is 6.07 Å². The summed E-state index contributed by atoms with van der Waals surface area (Å²) in [4.78, 5) is 11.8. The molecular formula is C16H16F8N2O4S. The number of benzene rings is 1. The quantitative estimate of drug-likeness (QED) is 0.649. The monoisotopic (exact) mass is 484 g/mol. The van der Waals surface area contributed by atoms with E-state index in [2.05, 4.69) is 9.46 Å². The van der Waals surface area contributed by atoms with Crippen molar-refractivity contribution in [2.75, 3.05) is 19.6 Å². The Morgan fingerprint density at radius 3 is 2.10 bits per heavy atom. The molecule has 0 radical (unpaired) electrons. The highest BCUT2D eigenvalue weighted by molar-refractivity contribution is 7.89. The van der Waals surface area contributed by atoms with Gasteiger partial charge >= 0.3 is 18.4 Å². The molecule has 176 valence electrons. The van der Waals surface area contributed by atoms with Gasteiger partial charge < -0.3 is 9.64 Å². The van der Waals surface area contributed by atoms with Crippen molar-refractivity contribution in [1.29, 1.82) is 0 Å². The highest BCUT2D eigenvalue weighted by atomic mass is 32.2. The van der Waals surface area contributed by atoms with E-state index in [4.69, 9.17) is 0 Å². The Morgan fingerprint density at radius 2 is 1.61 bits per heavy atom. The molecule has 15 heteroatoms. The zero-order valence-corrected chi connectivity index (χ0v) is 16.3. The average Bonchev–Trinajstić information content (AvgIpc) is 2.65. The summed E-state index contributed by atoms with van der Waals surface area (Å²) in [5.41, 5.74) is 0. The van der Waals surface area contributed by atoms with Crippen LogP contribution in [0.3, 0.4) is 0 Å². The third-order valence-corrected chi connectivity index (χ3v) is 5.87. The average molecular weight is 484 g/mol. The van der Waals surface area contributed by atoms with Crippen molar-refractivity contribution in [3.8, 4) is 0 Å². The van der Waals surface area contributed by atoms with Crippen LogP contribution in [0.4, 0.5) is 39.9 Å². The zero-order valence-electron chi connectivity index (χ0n) is 15.4. The van der Waals surface area contributed by atoms with E-state index in [9.17, 15) is 48.3 Å². The minimum Gasteiger partial charge on any atom is -0.426 e. The van der Waals surface area contributed by atoms with Crippen LogP contribution in [0.15, 0.2) is 23.1 Å². The molecule has 1 amide bonds. The Bertz CT molecular complexity index is 882. The lowest BCUT2D eigenvalue weighted by Crippen LogP contribution is -2.49. The minimum atomic E-state index is -5.83. The van der Waals surface area contributed by atoms with E-state index in [-0.39, 0.29) is 32.5 Å². The first kappa shape index (κ1) is 25.1. The molecular weight excluding hydrogens is 468 g/mol. The van der Waals surface area contributed by atoms with Crippen LogP contribution in [0.5, 0.6) is 0 Å². The molecule has 1 aliphatic heterocycles. The number of amides is 1. The first-order valence-corrected chi connectivity index (χ1v) is 10.1. The topological polar surface area (TPSA) is 75.7 Å². The van der Waals surface area contributed by atoms with E-state index >= 15 is 0 Å². The summed E-state index contributed by atoms with van der Waals surface area (Å²) in [7, 11) is -4.19. The summed E-state index contributed by atoms with van der Waals surface area (Å²) in [6.07, 6.45) is -17.6. The molecule has 2 rings (SSSR count). The Balaban J connectivity index is 1.89. The van der Waals surface area contributed by atoms with Crippen molar-refractivity contribution in [1.82, 2.24) is 9.62 Å². The molecule has 1 aromatic carbocycles. The standard InChI is InChI=1S/C16H16F8N2O4S/c17-11-2-1-10(7-12(11)18)31(28,29)25-8-9-3-5-26(6-4-9)14(27)30-13(15(19,20)21)16(22,23)24/h1-2,7,9,13,25H,3-6,8H2. The minimum absolute atomic E-state index is 0.0537. The van der Waals surface area contributed by atoms with Crippen molar-refractivity contribution in [2.45, 2.75) is 36.2 Å². The van der Waals surface area contributed by atoms with Crippen LogP contribution in [0.25, 0.3) is 0 Å². The molecule has 0 saturated carbocycles. The first-order valence-electron chi connectivity index (χ1n) is 8.65. The number of nitrogens with one attached hydrogen (secondary N) is 1. The van der Waals surface area contributed by atoms with Crippen LogP contribution in [-0.4, -0.2) is 57.5 Å². The van der Waals surface area contributed by atoms with E-state index in [1.54, 1.807) is 0 Å². The maximum atomic E-state index is 13.2. The second-order valence-corrected chi connectivity index (χ2v) is 8.47. The largest absolute Gasteiger partial charge is 0.434 e. The third kappa shape index (κ3) is 6.66. The highest BCUT2D eigenvalue weighted by Gasteiger charge is 2.60. The van der Waals surface area contributed by atoms with Gasteiger partial charge in [-0.2, -0.15) is 26.3 Å². The fourth-order valence-corrected chi connectivity index (χ4v) is 3.90. The molecule has 6 nitrogen and oxygen atoms in total. The maximum absolute atomic E-state index is 13.2.